The molecule has 0 aliphatic carbocycles. The van der Waals surface area contributed by atoms with E-state index in [1.807, 2.05) is 49.4 Å². The number of fused-ring (bicyclic) bond motifs is 1. The molecule has 0 saturated carbocycles. The Balaban J connectivity index is 1.68. The molecule has 3 nitrogen and oxygen atoms in total. The standard InChI is InChI=1S/C17H15ClN2OS/c1-11(12-5-3-2-4-6-12)9-16(21)20-17-19-14-8-7-13(18)10-15(14)22-17/h2-8,10-11H,9H2,1H3,(H,19,20,21)/t11-/m0/s1. The van der Waals surface area contributed by atoms with Crippen LogP contribution in [0.3, 0.4) is 0 Å². The molecule has 0 bridgehead atoms. The van der Waals surface area contributed by atoms with Gasteiger partial charge in [-0.3, -0.25) is 4.79 Å². The van der Waals surface area contributed by atoms with Crippen molar-refractivity contribution in [3.8, 4) is 0 Å². The van der Waals surface area contributed by atoms with Crippen molar-refractivity contribution >= 4 is 44.2 Å². The van der Waals surface area contributed by atoms with Crippen LogP contribution in [0, 0.1) is 0 Å². The Bertz CT molecular complexity index is 801. The molecule has 0 radical (unpaired) electrons. The summed E-state index contributed by atoms with van der Waals surface area (Å²) in [4.78, 5) is 16.6. The molecular formula is C17H15ClN2OS. The Morgan fingerprint density at radius 3 is 2.82 bits per heavy atom. The zero-order chi connectivity index (χ0) is 15.5. The third kappa shape index (κ3) is 3.46. The predicted octanol–water partition coefficient (Wildman–Crippen LogP) is 5.08. The first-order valence-corrected chi connectivity index (χ1v) is 8.22. The third-order valence-electron chi connectivity index (χ3n) is 3.46. The van der Waals surface area contributed by atoms with Gasteiger partial charge in [-0.25, -0.2) is 4.98 Å². The molecule has 1 N–H and O–H groups in total. The first kappa shape index (κ1) is 15.0. The van der Waals surface area contributed by atoms with Crippen LogP contribution in [0.5, 0.6) is 0 Å². The Kier molecular flexibility index (Phi) is 4.41. The summed E-state index contributed by atoms with van der Waals surface area (Å²) in [5.74, 6) is 0.145. The Morgan fingerprint density at radius 1 is 1.27 bits per heavy atom. The first-order chi connectivity index (χ1) is 10.6. The van der Waals surface area contributed by atoms with Crippen LogP contribution < -0.4 is 5.32 Å². The number of anilines is 1. The highest BCUT2D eigenvalue weighted by Gasteiger charge is 2.13. The van der Waals surface area contributed by atoms with Crippen LogP contribution in [0.1, 0.15) is 24.8 Å². The maximum absolute atomic E-state index is 12.2. The summed E-state index contributed by atoms with van der Waals surface area (Å²) in [7, 11) is 0. The third-order valence-corrected chi connectivity index (χ3v) is 4.63. The predicted molar refractivity (Wildman–Crippen MR) is 92.7 cm³/mol. The molecule has 0 aliphatic rings. The van der Waals surface area contributed by atoms with Crippen LogP contribution in [0.4, 0.5) is 5.13 Å². The van der Waals surface area contributed by atoms with Gasteiger partial charge in [-0.2, -0.15) is 0 Å². The summed E-state index contributed by atoms with van der Waals surface area (Å²) in [6.07, 6.45) is 0.431. The van der Waals surface area contributed by atoms with Gasteiger partial charge in [0, 0.05) is 11.4 Å². The van der Waals surface area contributed by atoms with Crippen LogP contribution in [0.2, 0.25) is 5.02 Å². The molecule has 0 spiro atoms. The monoisotopic (exact) mass is 330 g/mol. The van der Waals surface area contributed by atoms with Gasteiger partial charge in [0.25, 0.3) is 0 Å². The minimum Gasteiger partial charge on any atom is -0.302 e. The van der Waals surface area contributed by atoms with Crippen LogP contribution in [-0.2, 0) is 4.79 Å². The fourth-order valence-corrected chi connectivity index (χ4v) is 3.46. The number of hydrogen-bond donors (Lipinski definition) is 1. The lowest BCUT2D eigenvalue weighted by atomic mass is 9.98. The van der Waals surface area contributed by atoms with Crippen molar-refractivity contribution in [3.05, 3.63) is 59.1 Å². The molecule has 2 aromatic carbocycles. The molecule has 0 fully saturated rings. The quantitative estimate of drug-likeness (QED) is 0.724. The maximum Gasteiger partial charge on any atom is 0.226 e. The smallest absolute Gasteiger partial charge is 0.226 e. The van der Waals surface area contributed by atoms with Crippen molar-refractivity contribution < 1.29 is 4.79 Å². The van der Waals surface area contributed by atoms with Crippen molar-refractivity contribution in [1.82, 2.24) is 4.98 Å². The van der Waals surface area contributed by atoms with E-state index >= 15 is 0 Å². The van der Waals surface area contributed by atoms with E-state index in [9.17, 15) is 4.79 Å². The van der Waals surface area contributed by atoms with Crippen molar-refractivity contribution in [2.24, 2.45) is 0 Å². The van der Waals surface area contributed by atoms with E-state index in [0.717, 1.165) is 15.8 Å². The number of nitrogens with one attached hydrogen (secondary N) is 1. The molecule has 0 unspecified atom stereocenters. The lowest BCUT2D eigenvalue weighted by Gasteiger charge is -2.10. The Hall–Kier alpha value is -1.91. The highest BCUT2D eigenvalue weighted by atomic mass is 35.5. The van der Waals surface area contributed by atoms with Gasteiger partial charge in [-0.05, 0) is 29.7 Å². The maximum atomic E-state index is 12.2. The average Bonchev–Trinajstić information content (AvgIpc) is 2.89. The molecule has 1 heterocycles. The van der Waals surface area contributed by atoms with Crippen LogP contribution in [0.25, 0.3) is 10.2 Å². The largest absolute Gasteiger partial charge is 0.302 e. The highest BCUT2D eigenvalue weighted by molar-refractivity contribution is 7.22. The average molecular weight is 331 g/mol. The number of hydrogen-bond acceptors (Lipinski definition) is 3. The van der Waals surface area contributed by atoms with Crippen molar-refractivity contribution in [2.45, 2.75) is 19.3 Å². The second kappa shape index (κ2) is 6.46. The number of aromatic nitrogens is 1. The summed E-state index contributed by atoms with van der Waals surface area (Å²) in [5.41, 5.74) is 2.01. The van der Waals surface area contributed by atoms with Gasteiger partial charge in [0.1, 0.15) is 0 Å². The second-order valence-electron chi connectivity index (χ2n) is 5.20. The molecule has 1 amide bonds. The molecular weight excluding hydrogens is 316 g/mol. The number of carbonyl (C=O) groups is 1. The lowest BCUT2D eigenvalue weighted by Crippen LogP contribution is -2.14. The summed E-state index contributed by atoms with van der Waals surface area (Å²) in [6.45, 7) is 2.05. The highest BCUT2D eigenvalue weighted by Crippen LogP contribution is 2.28. The van der Waals surface area contributed by atoms with Gasteiger partial charge in [0.2, 0.25) is 5.91 Å². The summed E-state index contributed by atoms with van der Waals surface area (Å²) >= 11 is 7.40. The SMILES string of the molecule is C[C@@H](CC(=O)Nc1nc2ccc(Cl)cc2s1)c1ccccc1. The van der Waals surface area contributed by atoms with Gasteiger partial charge in [0.15, 0.2) is 5.13 Å². The molecule has 0 saturated heterocycles. The number of nitrogens with zero attached hydrogens (tertiary/aromatic N) is 1. The van der Waals surface area contributed by atoms with E-state index in [1.54, 1.807) is 6.07 Å². The summed E-state index contributed by atoms with van der Waals surface area (Å²) in [6, 6.07) is 15.5. The molecule has 1 atom stereocenters. The van der Waals surface area contributed by atoms with E-state index in [0.29, 0.717) is 16.6 Å². The van der Waals surface area contributed by atoms with Gasteiger partial charge in [-0.1, -0.05) is 60.2 Å². The van der Waals surface area contributed by atoms with Crippen molar-refractivity contribution in [3.63, 3.8) is 0 Å². The van der Waals surface area contributed by atoms with Crippen molar-refractivity contribution in [2.75, 3.05) is 5.32 Å². The molecule has 1 aromatic heterocycles. The molecule has 3 rings (SSSR count). The van der Waals surface area contributed by atoms with E-state index in [2.05, 4.69) is 10.3 Å². The number of halogens is 1. The first-order valence-electron chi connectivity index (χ1n) is 7.03. The van der Waals surface area contributed by atoms with Crippen LogP contribution in [-0.4, -0.2) is 10.9 Å². The minimum atomic E-state index is -0.0264. The fraction of sp³-hybridized carbons (Fsp3) is 0.176. The number of rotatable bonds is 4. The van der Waals surface area contributed by atoms with E-state index < -0.39 is 0 Å². The number of carbonyl (C=O) groups excluding carboxylic acids is 1. The number of benzene rings is 2. The zero-order valence-corrected chi connectivity index (χ0v) is 13.6. The van der Waals surface area contributed by atoms with Gasteiger partial charge in [0.05, 0.1) is 10.2 Å². The summed E-state index contributed by atoms with van der Waals surface area (Å²) in [5, 5.41) is 4.16. The van der Waals surface area contributed by atoms with E-state index in [4.69, 9.17) is 11.6 Å². The number of thiazole rings is 1. The van der Waals surface area contributed by atoms with Gasteiger partial charge < -0.3 is 5.32 Å². The number of amides is 1. The zero-order valence-electron chi connectivity index (χ0n) is 12.0. The Morgan fingerprint density at radius 2 is 2.05 bits per heavy atom. The second-order valence-corrected chi connectivity index (χ2v) is 6.66. The molecule has 0 aliphatic heterocycles. The topological polar surface area (TPSA) is 42.0 Å². The molecule has 22 heavy (non-hydrogen) atoms. The fourth-order valence-electron chi connectivity index (χ4n) is 2.30. The Labute approximate surface area is 138 Å². The van der Waals surface area contributed by atoms with Gasteiger partial charge in [-0.15, -0.1) is 0 Å². The molecule has 3 aromatic rings. The molecule has 112 valence electrons. The minimum absolute atomic E-state index is 0.0264. The van der Waals surface area contributed by atoms with Crippen LogP contribution in [0.15, 0.2) is 48.5 Å². The normalized spacial score (nSPS) is 12.3. The van der Waals surface area contributed by atoms with E-state index in [-0.39, 0.29) is 11.8 Å². The molecule has 5 heteroatoms. The van der Waals surface area contributed by atoms with Gasteiger partial charge >= 0.3 is 0 Å². The van der Waals surface area contributed by atoms with Crippen LogP contribution >= 0.6 is 22.9 Å². The lowest BCUT2D eigenvalue weighted by molar-refractivity contribution is -0.116. The summed E-state index contributed by atoms with van der Waals surface area (Å²) < 4.78 is 0.971. The van der Waals surface area contributed by atoms with E-state index in [1.165, 1.54) is 11.3 Å². The van der Waals surface area contributed by atoms with Crippen molar-refractivity contribution in [1.29, 1.82) is 0 Å².